The molecule has 2 rings (SSSR count). The van der Waals surface area contributed by atoms with E-state index in [9.17, 15) is 13.2 Å². The highest BCUT2D eigenvalue weighted by atomic mass is 79.9. The van der Waals surface area contributed by atoms with Gasteiger partial charge in [-0.25, -0.2) is 13.6 Å². The van der Waals surface area contributed by atoms with E-state index in [1.54, 1.807) is 18.2 Å². The molecule has 1 amide bonds. The molecule has 8 heteroatoms. The predicted octanol–water partition coefficient (Wildman–Crippen LogP) is 3.11. The zero-order valence-electron chi connectivity index (χ0n) is 10.5. The Morgan fingerprint density at radius 1 is 1.10 bits per heavy atom. The van der Waals surface area contributed by atoms with E-state index < -0.39 is 15.9 Å². The van der Waals surface area contributed by atoms with Gasteiger partial charge < -0.3 is 5.32 Å². The number of sulfonamides is 1. The molecule has 0 aliphatic carbocycles. The van der Waals surface area contributed by atoms with E-state index in [4.69, 9.17) is 5.14 Å². The number of hydrogen-bond donors (Lipinski definition) is 2. The zero-order valence-corrected chi connectivity index (χ0v) is 14.5. The lowest BCUT2D eigenvalue weighted by atomic mass is 10.2. The summed E-state index contributed by atoms with van der Waals surface area (Å²) in [6.45, 7) is 0. The van der Waals surface area contributed by atoms with Crippen LogP contribution in [0.2, 0.25) is 0 Å². The molecule has 0 unspecified atom stereocenters. The molecule has 3 N–H and O–H groups in total. The summed E-state index contributed by atoms with van der Waals surface area (Å²) < 4.78 is 24.0. The Bertz CT molecular complexity index is 807. The van der Waals surface area contributed by atoms with Crippen LogP contribution in [0, 0.1) is 0 Å². The number of carbonyl (C=O) groups is 1. The first-order valence-corrected chi connectivity index (χ1v) is 8.80. The van der Waals surface area contributed by atoms with Crippen molar-refractivity contribution in [3.05, 3.63) is 57.0 Å². The Hall–Kier alpha value is -1.22. The molecule has 0 spiro atoms. The second-order valence-corrected chi connectivity index (χ2v) is 7.48. The van der Waals surface area contributed by atoms with Crippen LogP contribution in [0.1, 0.15) is 10.4 Å². The Labute approximate surface area is 138 Å². The van der Waals surface area contributed by atoms with Crippen LogP contribution in [0.25, 0.3) is 0 Å². The van der Waals surface area contributed by atoms with Crippen LogP contribution in [-0.2, 0) is 10.0 Å². The van der Waals surface area contributed by atoms with Crippen LogP contribution >= 0.6 is 31.9 Å². The number of halogens is 2. The molecule has 0 fully saturated rings. The van der Waals surface area contributed by atoms with Crippen LogP contribution < -0.4 is 10.5 Å². The van der Waals surface area contributed by atoms with Crippen molar-refractivity contribution in [2.24, 2.45) is 5.14 Å². The van der Waals surface area contributed by atoms with Gasteiger partial charge in [-0.1, -0.05) is 22.0 Å². The minimum atomic E-state index is -3.86. The summed E-state index contributed by atoms with van der Waals surface area (Å²) in [6.07, 6.45) is 0. The highest BCUT2D eigenvalue weighted by Crippen LogP contribution is 2.22. The Morgan fingerprint density at radius 2 is 1.81 bits per heavy atom. The van der Waals surface area contributed by atoms with Crippen molar-refractivity contribution in [2.45, 2.75) is 4.90 Å². The van der Waals surface area contributed by atoms with Gasteiger partial charge in [0.05, 0.1) is 10.5 Å². The van der Waals surface area contributed by atoms with Crippen molar-refractivity contribution in [1.29, 1.82) is 0 Å². The van der Waals surface area contributed by atoms with Crippen LogP contribution in [0.5, 0.6) is 0 Å². The van der Waals surface area contributed by atoms with Gasteiger partial charge in [0.1, 0.15) is 0 Å². The zero-order chi connectivity index (χ0) is 15.6. The third kappa shape index (κ3) is 4.13. The number of rotatable bonds is 3. The second-order valence-electron chi connectivity index (χ2n) is 4.15. The van der Waals surface area contributed by atoms with Crippen molar-refractivity contribution in [3.63, 3.8) is 0 Å². The normalized spacial score (nSPS) is 11.2. The summed E-state index contributed by atoms with van der Waals surface area (Å²) in [5, 5.41) is 7.75. The van der Waals surface area contributed by atoms with Gasteiger partial charge >= 0.3 is 0 Å². The lowest BCUT2D eigenvalue weighted by Crippen LogP contribution is -2.16. The van der Waals surface area contributed by atoms with Gasteiger partial charge in [0, 0.05) is 14.6 Å². The van der Waals surface area contributed by atoms with Crippen LogP contribution in [-0.4, -0.2) is 14.3 Å². The van der Waals surface area contributed by atoms with E-state index in [0.29, 0.717) is 10.2 Å². The molecule has 0 aromatic heterocycles. The highest BCUT2D eigenvalue weighted by molar-refractivity contribution is 9.10. The number of hydrogen-bond acceptors (Lipinski definition) is 3. The number of benzene rings is 2. The molecular formula is C13H10Br2N2O3S. The van der Waals surface area contributed by atoms with Crippen LogP contribution in [0.3, 0.4) is 0 Å². The van der Waals surface area contributed by atoms with E-state index in [-0.39, 0.29) is 10.5 Å². The molecule has 21 heavy (non-hydrogen) atoms. The van der Waals surface area contributed by atoms with Crippen LogP contribution in [0.15, 0.2) is 56.3 Å². The van der Waals surface area contributed by atoms with Crippen molar-refractivity contribution in [1.82, 2.24) is 0 Å². The molecule has 0 saturated carbocycles. The lowest BCUT2D eigenvalue weighted by Gasteiger charge is -2.08. The number of amides is 1. The van der Waals surface area contributed by atoms with E-state index in [1.165, 1.54) is 18.2 Å². The SMILES string of the molecule is NS(=O)(=O)c1ccc(Br)c(C(=O)Nc2cccc(Br)c2)c1. The number of nitrogens with two attached hydrogens (primary N) is 1. The van der Waals surface area contributed by atoms with Gasteiger partial charge in [0.25, 0.3) is 5.91 Å². The summed E-state index contributed by atoms with van der Waals surface area (Å²) in [6, 6.07) is 11.1. The third-order valence-corrected chi connectivity index (χ3v) is 4.69. The lowest BCUT2D eigenvalue weighted by molar-refractivity contribution is 0.102. The van der Waals surface area contributed by atoms with Gasteiger partial charge in [-0.05, 0) is 52.3 Å². The molecule has 0 aliphatic heterocycles. The van der Waals surface area contributed by atoms with Crippen molar-refractivity contribution in [2.75, 3.05) is 5.32 Å². The third-order valence-electron chi connectivity index (χ3n) is 2.59. The molecule has 0 bridgehead atoms. The van der Waals surface area contributed by atoms with Gasteiger partial charge in [-0.15, -0.1) is 0 Å². The maximum Gasteiger partial charge on any atom is 0.256 e. The molecule has 110 valence electrons. The first-order chi connectivity index (χ1) is 9.77. The number of anilines is 1. The molecule has 0 heterocycles. The summed E-state index contributed by atoms with van der Waals surface area (Å²) >= 11 is 6.52. The van der Waals surface area contributed by atoms with E-state index in [0.717, 1.165) is 4.47 Å². The first kappa shape index (κ1) is 16.2. The quantitative estimate of drug-likeness (QED) is 0.779. The largest absolute Gasteiger partial charge is 0.322 e. The minimum Gasteiger partial charge on any atom is -0.322 e. The molecule has 0 saturated heterocycles. The first-order valence-electron chi connectivity index (χ1n) is 5.66. The fourth-order valence-electron chi connectivity index (χ4n) is 1.62. The Balaban J connectivity index is 2.35. The average molecular weight is 434 g/mol. The maximum atomic E-state index is 12.2. The van der Waals surface area contributed by atoms with Crippen molar-refractivity contribution in [3.8, 4) is 0 Å². The molecule has 2 aromatic rings. The maximum absolute atomic E-state index is 12.2. The highest BCUT2D eigenvalue weighted by Gasteiger charge is 2.15. The molecular weight excluding hydrogens is 424 g/mol. The molecule has 5 nitrogen and oxygen atoms in total. The number of nitrogens with one attached hydrogen (secondary N) is 1. The summed E-state index contributed by atoms with van der Waals surface area (Å²) in [7, 11) is -3.86. The van der Waals surface area contributed by atoms with E-state index >= 15 is 0 Å². The molecule has 2 aromatic carbocycles. The summed E-state index contributed by atoms with van der Waals surface area (Å²) in [5.74, 6) is -0.439. The van der Waals surface area contributed by atoms with Crippen LogP contribution in [0.4, 0.5) is 5.69 Å². The Kier molecular flexibility index (Phi) is 4.82. The fraction of sp³-hybridized carbons (Fsp3) is 0. The second kappa shape index (κ2) is 6.27. The van der Waals surface area contributed by atoms with E-state index in [1.807, 2.05) is 6.07 Å². The molecule has 0 aliphatic rings. The average Bonchev–Trinajstić information content (AvgIpc) is 2.37. The van der Waals surface area contributed by atoms with Gasteiger partial charge in [0.2, 0.25) is 10.0 Å². The predicted molar refractivity (Wildman–Crippen MR) is 87.6 cm³/mol. The van der Waals surface area contributed by atoms with Gasteiger partial charge in [0.15, 0.2) is 0 Å². The summed E-state index contributed by atoms with van der Waals surface area (Å²) in [5.41, 5.74) is 0.767. The number of primary sulfonamides is 1. The topological polar surface area (TPSA) is 89.3 Å². The van der Waals surface area contributed by atoms with Gasteiger partial charge in [-0.3, -0.25) is 4.79 Å². The smallest absolute Gasteiger partial charge is 0.256 e. The minimum absolute atomic E-state index is 0.120. The summed E-state index contributed by atoms with van der Waals surface area (Å²) in [4.78, 5) is 12.1. The monoisotopic (exact) mass is 432 g/mol. The Morgan fingerprint density at radius 3 is 2.43 bits per heavy atom. The molecule has 0 radical (unpaired) electrons. The van der Waals surface area contributed by atoms with Gasteiger partial charge in [-0.2, -0.15) is 0 Å². The standard InChI is InChI=1S/C13H10Br2N2O3S/c14-8-2-1-3-9(6-8)17-13(18)11-7-10(21(16,19)20)4-5-12(11)15/h1-7H,(H,17,18)(H2,16,19,20). The van der Waals surface area contributed by atoms with Crippen molar-refractivity contribution >= 4 is 53.5 Å². The number of carbonyl (C=O) groups excluding carboxylic acids is 1. The molecule has 0 atom stereocenters. The van der Waals surface area contributed by atoms with E-state index in [2.05, 4.69) is 37.2 Å². The van der Waals surface area contributed by atoms with Crippen molar-refractivity contribution < 1.29 is 13.2 Å². The fourth-order valence-corrected chi connectivity index (χ4v) is 2.99.